The van der Waals surface area contributed by atoms with Gasteiger partial charge in [-0.05, 0) is 47.1 Å². The number of pyridine rings is 1. The quantitative estimate of drug-likeness (QED) is 0.645. The average Bonchev–Trinajstić information content (AvgIpc) is 2.90. The van der Waals surface area contributed by atoms with Gasteiger partial charge in [-0.1, -0.05) is 0 Å². The van der Waals surface area contributed by atoms with Crippen LogP contribution in [0.3, 0.4) is 0 Å². The van der Waals surface area contributed by atoms with Crippen LogP contribution in [0.1, 0.15) is 18.7 Å². The third-order valence-corrected chi connectivity index (χ3v) is 3.89. The number of halogens is 1. The molecule has 0 aliphatic rings. The first-order valence-corrected chi connectivity index (χ1v) is 7.54. The molecule has 2 aromatic rings. The van der Waals surface area contributed by atoms with Gasteiger partial charge < -0.3 is 9.73 Å². The van der Waals surface area contributed by atoms with E-state index in [0.717, 1.165) is 27.6 Å². The van der Waals surface area contributed by atoms with Gasteiger partial charge in [0.25, 0.3) is 0 Å². The topological polar surface area (TPSA) is 38.1 Å². The van der Waals surface area contributed by atoms with E-state index < -0.39 is 0 Å². The largest absolute Gasteiger partial charge is 0.468 e. The molecule has 1 unspecified atom stereocenters. The summed E-state index contributed by atoms with van der Waals surface area (Å²) in [7, 11) is 0. The molecule has 3 nitrogen and oxygen atoms in total. The first-order chi connectivity index (χ1) is 8.75. The zero-order valence-electron chi connectivity index (χ0n) is 10.1. The fourth-order valence-electron chi connectivity index (χ4n) is 1.52. The van der Waals surface area contributed by atoms with Crippen LogP contribution in [0.15, 0.2) is 50.6 Å². The van der Waals surface area contributed by atoms with Crippen molar-refractivity contribution in [1.82, 2.24) is 10.3 Å². The summed E-state index contributed by atoms with van der Waals surface area (Å²) in [6, 6.07) is 8.17. The summed E-state index contributed by atoms with van der Waals surface area (Å²) in [5, 5.41) is 4.46. The number of thioether (sulfide) groups is 1. The van der Waals surface area contributed by atoms with Crippen molar-refractivity contribution in [3.8, 4) is 0 Å². The fourth-order valence-corrected chi connectivity index (χ4v) is 2.47. The van der Waals surface area contributed by atoms with Gasteiger partial charge in [-0.3, -0.25) is 0 Å². The lowest BCUT2D eigenvalue weighted by Gasteiger charge is -2.10. The molecule has 2 heterocycles. The molecule has 96 valence electrons. The van der Waals surface area contributed by atoms with Crippen LogP contribution in [-0.2, 0) is 0 Å². The number of nitrogens with one attached hydrogen (secondary N) is 1. The predicted octanol–water partition coefficient (Wildman–Crippen LogP) is 3.88. The lowest BCUT2D eigenvalue weighted by Crippen LogP contribution is -2.20. The zero-order chi connectivity index (χ0) is 12.8. The Bertz CT molecular complexity index is 458. The van der Waals surface area contributed by atoms with Crippen LogP contribution < -0.4 is 5.32 Å². The predicted molar refractivity (Wildman–Crippen MR) is 77.8 cm³/mol. The molecular formula is C13H15BrN2OS. The van der Waals surface area contributed by atoms with Crippen LogP contribution in [0.4, 0.5) is 0 Å². The van der Waals surface area contributed by atoms with Gasteiger partial charge in [0.2, 0.25) is 0 Å². The number of aromatic nitrogens is 1. The van der Waals surface area contributed by atoms with E-state index >= 15 is 0 Å². The maximum absolute atomic E-state index is 5.34. The first kappa shape index (κ1) is 13.6. The van der Waals surface area contributed by atoms with Crippen molar-refractivity contribution in [3.05, 3.63) is 47.0 Å². The molecule has 0 aliphatic carbocycles. The lowest BCUT2D eigenvalue weighted by atomic mass is 10.2. The van der Waals surface area contributed by atoms with Crippen molar-refractivity contribution < 1.29 is 4.42 Å². The minimum atomic E-state index is 0.249. The smallest absolute Gasteiger partial charge is 0.120 e. The third-order valence-electron chi connectivity index (χ3n) is 2.47. The van der Waals surface area contributed by atoms with Crippen LogP contribution in [-0.4, -0.2) is 17.3 Å². The van der Waals surface area contributed by atoms with Gasteiger partial charge in [-0.15, -0.1) is 11.8 Å². The van der Waals surface area contributed by atoms with E-state index in [1.807, 2.05) is 30.5 Å². The lowest BCUT2D eigenvalue weighted by molar-refractivity contribution is 0.438. The third kappa shape index (κ3) is 4.15. The Hall–Kier alpha value is -0.780. The molecular weight excluding hydrogens is 312 g/mol. The zero-order valence-corrected chi connectivity index (χ0v) is 12.5. The summed E-state index contributed by atoms with van der Waals surface area (Å²) < 4.78 is 6.35. The van der Waals surface area contributed by atoms with E-state index in [4.69, 9.17) is 4.42 Å². The second-order valence-electron chi connectivity index (χ2n) is 3.85. The van der Waals surface area contributed by atoms with Gasteiger partial charge in [0.05, 0.1) is 17.3 Å². The van der Waals surface area contributed by atoms with Crippen LogP contribution in [0, 0.1) is 0 Å². The standard InChI is InChI=1S/C13H15BrN2OS/c1-10(12-3-2-7-17-12)15-6-8-18-13-5-4-11(14)9-16-13/h2-5,7,9-10,15H,6,8H2,1H3. The average molecular weight is 327 g/mol. The van der Waals surface area contributed by atoms with Crippen molar-refractivity contribution in [2.24, 2.45) is 0 Å². The molecule has 0 aliphatic heterocycles. The molecule has 1 N–H and O–H groups in total. The molecule has 18 heavy (non-hydrogen) atoms. The van der Waals surface area contributed by atoms with Gasteiger partial charge in [0.15, 0.2) is 0 Å². The van der Waals surface area contributed by atoms with Crippen molar-refractivity contribution >= 4 is 27.7 Å². The number of furan rings is 1. The Kier molecular flexibility index (Phi) is 5.28. The summed E-state index contributed by atoms with van der Waals surface area (Å²) in [5.41, 5.74) is 0. The molecule has 0 saturated heterocycles. The SMILES string of the molecule is CC(NCCSc1ccc(Br)cn1)c1ccco1. The Morgan fingerprint density at radius 2 is 2.33 bits per heavy atom. The highest BCUT2D eigenvalue weighted by Gasteiger charge is 2.06. The fraction of sp³-hybridized carbons (Fsp3) is 0.308. The monoisotopic (exact) mass is 326 g/mol. The summed E-state index contributed by atoms with van der Waals surface area (Å²) in [6.45, 7) is 3.02. The van der Waals surface area contributed by atoms with E-state index in [9.17, 15) is 0 Å². The Morgan fingerprint density at radius 1 is 1.44 bits per heavy atom. The molecule has 0 spiro atoms. The van der Waals surface area contributed by atoms with Crippen molar-refractivity contribution in [3.63, 3.8) is 0 Å². The molecule has 0 bridgehead atoms. The van der Waals surface area contributed by atoms with Gasteiger partial charge in [0.1, 0.15) is 5.76 Å². The number of hydrogen-bond acceptors (Lipinski definition) is 4. The molecule has 0 radical (unpaired) electrons. The maximum atomic E-state index is 5.34. The van der Waals surface area contributed by atoms with E-state index in [2.05, 4.69) is 33.2 Å². The van der Waals surface area contributed by atoms with E-state index in [0.29, 0.717) is 0 Å². The molecule has 0 amide bonds. The van der Waals surface area contributed by atoms with Crippen molar-refractivity contribution in [2.75, 3.05) is 12.3 Å². The molecule has 5 heteroatoms. The minimum Gasteiger partial charge on any atom is -0.468 e. The molecule has 2 rings (SSSR count). The van der Waals surface area contributed by atoms with Crippen LogP contribution in [0.5, 0.6) is 0 Å². The summed E-state index contributed by atoms with van der Waals surface area (Å²) in [4.78, 5) is 4.31. The normalized spacial score (nSPS) is 12.6. The molecule has 0 aromatic carbocycles. The second kappa shape index (κ2) is 6.97. The van der Waals surface area contributed by atoms with Crippen LogP contribution in [0.25, 0.3) is 0 Å². The van der Waals surface area contributed by atoms with Crippen LogP contribution in [0.2, 0.25) is 0 Å². The van der Waals surface area contributed by atoms with E-state index in [-0.39, 0.29) is 6.04 Å². The van der Waals surface area contributed by atoms with Gasteiger partial charge in [-0.25, -0.2) is 4.98 Å². The Labute approximate surface area is 120 Å². The summed E-state index contributed by atoms with van der Waals surface area (Å²) in [6.07, 6.45) is 3.52. The van der Waals surface area contributed by atoms with Crippen LogP contribution >= 0.6 is 27.7 Å². The maximum Gasteiger partial charge on any atom is 0.120 e. The van der Waals surface area contributed by atoms with Gasteiger partial charge in [0, 0.05) is 23.0 Å². The Morgan fingerprint density at radius 3 is 3.00 bits per heavy atom. The first-order valence-electron chi connectivity index (χ1n) is 5.77. The molecule has 0 saturated carbocycles. The highest BCUT2D eigenvalue weighted by Crippen LogP contribution is 2.17. The summed E-state index contributed by atoms with van der Waals surface area (Å²) in [5.74, 6) is 1.96. The highest BCUT2D eigenvalue weighted by atomic mass is 79.9. The van der Waals surface area contributed by atoms with Crippen molar-refractivity contribution in [2.45, 2.75) is 18.0 Å². The summed E-state index contributed by atoms with van der Waals surface area (Å²) >= 11 is 5.12. The number of nitrogens with zero attached hydrogens (tertiary/aromatic N) is 1. The van der Waals surface area contributed by atoms with Gasteiger partial charge in [-0.2, -0.15) is 0 Å². The minimum absolute atomic E-state index is 0.249. The second-order valence-corrected chi connectivity index (χ2v) is 5.89. The van der Waals surface area contributed by atoms with Crippen molar-refractivity contribution in [1.29, 1.82) is 0 Å². The van der Waals surface area contributed by atoms with E-state index in [1.54, 1.807) is 18.0 Å². The molecule has 0 fully saturated rings. The molecule has 1 atom stereocenters. The van der Waals surface area contributed by atoms with E-state index in [1.165, 1.54) is 0 Å². The number of hydrogen-bond donors (Lipinski definition) is 1. The molecule has 2 aromatic heterocycles. The number of rotatable bonds is 6. The Balaban J connectivity index is 1.68. The highest BCUT2D eigenvalue weighted by molar-refractivity contribution is 9.10. The van der Waals surface area contributed by atoms with Gasteiger partial charge >= 0.3 is 0 Å².